The van der Waals surface area contributed by atoms with E-state index in [1.807, 2.05) is 12.1 Å². The highest BCUT2D eigenvalue weighted by Crippen LogP contribution is 2.29. The van der Waals surface area contributed by atoms with E-state index in [1.165, 1.54) is 19.1 Å². The Kier molecular flexibility index (Phi) is 3.01. The number of carbonyl (C=O) groups is 1. The molecule has 0 aromatic heterocycles. The van der Waals surface area contributed by atoms with Crippen LogP contribution in [0.25, 0.3) is 0 Å². The predicted octanol–water partition coefficient (Wildman–Crippen LogP) is 2.68. The summed E-state index contributed by atoms with van der Waals surface area (Å²) in [6, 6.07) is 5.65. The first kappa shape index (κ1) is 11.2. The number of hydrogen-bond acceptors (Lipinski definition) is 4. The molecule has 0 saturated carbocycles. The maximum atomic E-state index is 11.5. The molecule has 0 unspecified atom stereocenters. The first-order chi connectivity index (χ1) is 7.63. The number of nitrogens with zero attached hydrogens (tertiary/aromatic N) is 1. The lowest BCUT2D eigenvalue weighted by Gasteiger charge is -2.20. The van der Waals surface area contributed by atoms with Gasteiger partial charge in [-0.15, -0.1) is 0 Å². The second-order valence-electron chi connectivity index (χ2n) is 3.85. The second kappa shape index (κ2) is 4.29. The minimum atomic E-state index is -0.302. The fourth-order valence-corrected chi connectivity index (χ4v) is 2.03. The fraction of sp³-hybridized carbons (Fsp3) is 0.333. The number of esters is 1. The van der Waals surface area contributed by atoms with Crippen molar-refractivity contribution < 1.29 is 9.53 Å². The van der Waals surface area contributed by atoms with Crippen LogP contribution in [0.1, 0.15) is 35.3 Å². The number of hydrogen-bond donors (Lipinski definition) is 0. The van der Waals surface area contributed by atoms with E-state index in [0.29, 0.717) is 10.8 Å². The first-order valence-corrected chi connectivity index (χ1v) is 5.94. The summed E-state index contributed by atoms with van der Waals surface area (Å²) in [7, 11) is 1.39. The zero-order chi connectivity index (χ0) is 11.7. The predicted molar refractivity (Wildman–Crippen MR) is 66.1 cm³/mol. The van der Waals surface area contributed by atoms with Gasteiger partial charge in [0.2, 0.25) is 0 Å². The summed E-state index contributed by atoms with van der Waals surface area (Å²) >= 11 is 1.52. The number of fused-ring (bicyclic) bond motifs is 2. The molecule has 2 aliphatic rings. The molecule has 0 atom stereocenters. The van der Waals surface area contributed by atoms with Gasteiger partial charge in [-0.25, -0.2) is 9.19 Å². The summed E-state index contributed by atoms with van der Waals surface area (Å²) in [6.07, 6.45) is 0. The van der Waals surface area contributed by atoms with Crippen LogP contribution in [0.5, 0.6) is 0 Å². The molecule has 1 aromatic carbocycles. The minimum Gasteiger partial charge on any atom is -0.465 e. The monoisotopic (exact) mass is 235 g/mol. The third-order valence-corrected chi connectivity index (χ3v) is 3.02. The molecule has 1 aromatic rings. The average molecular weight is 235 g/mol. The van der Waals surface area contributed by atoms with Crippen molar-refractivity contribution in [1.29, 1.82) is 0 Å². The van der Waals surface area contributed by atoms with E-state index in [-0.39, 0.29) is 5.97 Å². The van der Waals surface area contributed by atoms with Crippen molar-refractivity contribution in [3.63, 3.8) is 0 Å². The van der Waals surface area contributed by atoms with Gasteiger partial charge >= 0.3 is 5.97 Å². The first-order valence-electron chi connectivity index (χ1n) is 5.10. The number of carbonyl (C=O) groups excluding carboxylic acids is 1. The van der Waals surface area contributed by atoms with Crippen molar-refractivity contribution >= 4 is 23.6 Å². The van der Waals surface area contributed by atoms with Crippen LogP contribution < -0.4 is 0 Å². The van der Waals surface area contributed by atoms with Gasteiger partial charge in [-0.05, 0) is 24.1 Å². The van der Waals surface area contributed by atoms with Crippen LogP contribution in [-0.4, -0.2) is 24.0 Å². The van der Waals surface area contributed by atoms with Crippen LogP contribution >= 0.6 is 11.9 Å². The SMILES string of the molecule is COC(=O)c1ccc2cc1/C2=N/SC(C)C. The Balaban J connectivity index is 2.27. The molecule has 0 N–H and O–H groups in total. The quantitative estimate of drug-likeness (QED) is 0.606. The summed E-state index contributed by atoms with van der Waals surface area (Å²) in [6.45, 7) is 4.17. The molecular weight excluding hydrogens is 222 g/mol. The van der Waals surface area contributed by atoms with E-state index in [0.717, 1.165) is 16.8 Å². The molecule has 16 heavy (non-hydrogen) atoms. The van der Waals surface area contributed by atoms with Crippen molar-refractivity contribution in [1.82, 2.24) is 0 Å². The Bertz CT molecular complexity index is 462. The summed E-state index contributed by atoms with van der Waals surface area (Å²) < 4.78 is 9.15. The summed E-state index contributed by atoms with van der Waals surface area (Å²) in [5.74, 6) is -0.302. The van der Waals surface area contributed by atoms with Crippen LogP contribution in [0, 0.1) is 0 Å². The van der Waals surface area contributed by atoms with Crippen molar-refractivity contribution in [3.8, 4) is 0 Å². The maximum Gasteiger partial charge on any atom is 0.338 e. The highest BCUT2D eigenvalue weighted by Gasteiger charge is 2.25. The molecule has 4 heteroatoms. The van der Waals surface area contributed by atoms with Crippen LogP contribution in [0.4, 0.5) is 0 Å². The summed E-state index contributed by atoms with van der Waals surface area (Å²) in [5, 5.41) is 0.445. The van der Waals surface area contributed by atoms with Gasteiger partial charge in [0, 0.05) is 16.4 Å². The van der Waals surface area contributed by atoms with Crippen molar-refractivity contribution in [2.45, 2.75) is 19.1 Å². The molecule has 0 fully saturated rings. The molecule has 84 valence electrons. The molecule has 0 spiro atoms. The standard InChI is InChI=1S/C12H13NO2S/c1-7(2)16-13-11-8-4-5-9(10(11)6-8)12(14)15-3/h4-7H,1-3H3/b13-11+. The van der Waals surface area contributed by atoms with Gasteiger partial charge in [0.15, 0.2) is 0 Å². The Morgan fingerprint density at radius 1 is 1.44 bits per heavy atom. The molecule has 0 saturated heterocycles. The van der Waals surface area contributed by atoms with Gasteiger partial charge < -0.3 is 4.74 Å². The molecule has 2 aliphatic carbocycles. The van der Waals surface area contributed by atoms with Crippen LogP contribution in [0.15, 0.2) is 22.6 Å². The van der Waals surface area contributed by atoms with Crippen molar-refractivity contribution in [2.75, 3.05) is 7.11 Å². The third kappa shape index (κ3) is 1.85. The van der Waals surface area contributed by atoms with Gasteiger partial charge in [0.05, 0.1) is 18.4 Å². The maximum absolute atomic E-state index is 11.5. The smallest absolute Gasteiger partial charge is 0.338 e. The second-order valence-corrected chi connectivity index (χ2v) is 5.18. The Morgan fingerprint density at radius 3 is 2.75 bits per heavy atom. The number of methoxy groups -OCH3 is 1. The molecular formula is C12H13NO2S. The van der Waals surface area contributed by atoms with Gasteiger partial charge in [-0.3, -0.25) is 0 Å². The normalized spacial score (nSPS) is 15.1. The summed E-state index contributed by atoms with van der Waals surface area (Å²) in [4.78, 5) is 11.5. The minimum absolute atomic E-state index is 0.302. The topological polar surface area (TPSA) is 38.7 Å². The van der Waals surface area contributed by atoms with Crippen LogP contribution in [0.2, 0.25) is 0 Å². The molecule has 2 bridgehead atoms. The van der Waals surface area contributed by atoms with E-state index in [9.17, 15) is 4.79 Å². The fourth-order valence-electron chi connectivity index (χ4n) is 1.51. The van der Waals surface area contributed by atoms with Gasteiger partial charge in [0.25, 0.3) is 0 Å². The zero-order valence-electron chi connectivity index (χ0n) is 9.48. The lowest BCUT2D eigenvalue weighted by atomic mass is 9.86. The largest absolute Gasteiger partial charge is 0.465 e. The van der Waals surface area contributed by atoms with Crippen molar-refractivity contribution in [2.24, 2.45) is 4.40 Å². The molecule has 3 rings (SSSR count). The van der Waals surface area contributed by atoms with Crippen LogP contribution in [0.3, 0.4) is 0 Å². The third-order valence-electron chi connectivity index (χ3n) is 2.31. The van der Waals surface area contributed by atoms with E-state index < -0.39 is 0 Å². The molecule has 0 aliphatic heterocycles. The lowest BCUT2D eigenvalue weighted by molar-refractivity contribution is 0.0600. The average Bonchev–Trinajstić information content (AvgIpc) is 2.27. The molecule has 0 heterocycles. The van der Waals surface area contributed by atoms with Gasteiger partial charge in [0.1, 0.15) is 0 Å². The lowest BCUT2D eigenvalue weighted by Crippen LogP contribution is -2.20. The van der Waals surface area contributed by atoms with Crippen molar-refractivity contribution in [3.05, 3.63) is 34.9 Å². The number of ether oxygens (including phenoxy) is 1. The highest BCUT2D eigenvalue weighted by atomic mass is 32.2. The Hall–Kier alpha value is -1.29. The molecule has 0 amide bonds. The highest BCUT2D eigenvalue weighted by molar-refractivity contribution is 7.98. The number of benzene rings is 1. The van der Waals surface area contributed by atoms with E-state index in [2.05, 4.69) is 18.2 Å². The molecule has 0 radical (unpaired) electrons. The Morgan fingerprint density at radius 2 is 2.19 bits per heavy atom. The number of rotatable bonds is 3. The van der Waals surface area contributed by atoms with E-state index >= 15 is 0 Å². The zero-order valence-corrected chi connectivity index (χ0v) is 10.3. The summed E-state index contributed by atoms with van der Waals surface area (Å²) in [5.41, 5.74) is 3.51. The molecule has 3 nitrogen and oxygen atoms in total. The van der Waals surface area contributed by atoms with Crippen LogP contribution in [-0.2, 0) is 4.74 Å². The Labute approximate surface area is 99.0 Å². The van der Waals surface area contributed by atoms with Gasteiger partial charge in [-0.2, -0.15) is 0 Å². The van der Waals surface area contributed by atoms with E-state index in [1.54, 1.807) is 6.07 Å². The van der Waals surface area contributed by atoms with E-state index in [4.69, 9.17) is 4.74 Å². The van der Waals surface area contributed by atoms with Gasteiger partial charge in [-0.1, -0.05) is 19.9 Å².